The molecule has 0 radical (unpaired) electrons. The minimum atomic E-state index is -4.53. The van der Waals surface area contributed by atoms with Gasteiger partial charge in [0, 0.05) is 11.8 Å². The fraction of sp³-hybridized carbons (Fsp3) is 0.250. The fourth-order valence-corrected chi connectivity index (χ4v) is 3.72. The van der Waals surface area contributed by atoms with Crippen molar-refractivity contribution in [2.75, 3.05) is 6.26 Å². The predicted octanol–water partition coefficient (Wildman–Crippen LogP) is 4.49. The van der Waals surface area contributed by atoms with Crippen molar-refractivity contribution in [1.82, 2.24) is 0 Å². The highest BCUT2D eigenvalue weighted by molar-refractivity contribution is 7.90. The number of halogens is 4. The van der Waals surface area contributed by atoms with E-state index >= 15 is 0 Å². The molecule has 1 aliphatic heterocycles. The van der Waals surface area contributed by atoms with E-state index in [0.717, 1.165) is 42.7 Å². The summed E-state index contributed by atoms with van der Waals surface area (Å²) in [6.45, 7) is 2.96. The Bertz CT molecular complexity index is 1130. The molecular weight excluding hydrogens is 412 g/mol. The quantitative estimate of drug-likeness (QED) is 0.676. The maximum Gasteiger partial charge on any atom is 0.416 e. The van der Waals surface area contributed by atoms with E-state index in [0.29, 0.717) is 0 Å². The summed E-state index contributed by atoms with van der Waals surface area (Å²) in [5, 5.41) is 0. The van der Waals surface area contributed by atoms with Gasteiger partial charge in [0.25, 0.3) is 0 Å². The van der Waals surface area contributed by atoms with Crippen LogP contribution in [0.2, 0.25) is 0 Å². The molecule has 0 atom stereocenters. The number of ketones is 1. The van der Waals surface area contributed by atoms with Gasteiger partial charge >= 0.3 is 6.18 Å². The number of benzene rings is 2. The van der Waals surface area contributed by atoms with Crippen molar-refractivity contribution < 1.29 is 35.5 Å². The van der Waals surface area contributed by atoms with Crippen molar-refractivity contribution >= 4 is 27.0 Å². The smallest absolute Gasteiger partial charge is 0.416 e. The van der Waals surface area contributed by atoms with Gasteiger partial charge < -0.3 is 4.74 Å². The number of ether oxygens (including phenoxy) is 1. The van der Waals surface area contributed by atoms with Crippen LogP contribution >= 0.6 is 0 Å². The molecule has 4 nitrogen and oxygen atoms in total. The number of carbonyl (C=O) groups is 1. The normalized spacial score (nSPS) is 16.9. The first-order valence-corrected chi connectivity index (χ1v) is 10.3. The average molecular weight is 428 g/mol. The zero-order chi connectivity index (χ0) is 21.8. The molecule has 0 saturated carbocycles. The highest BCUT2D eigenvalue weighted by atomic mass is 32.2. The lowest BCUT2D eigenvalue weighted by molar-refractivity contribution is -0.137. The van der Waals surface area contributed by atoms with E-state index in [-0.39, 0.29) is 22.5 Å². The highest BCUT2D eigenvalue weighted by Crippen LogP contribution is 2.42. The topological polar surface area (TPSA) is 60.4 Å². The van der Waals surface area contributed by atoms with Crippen molar-refractivity contribution in [3.8, 4) is 0 Å². The third-order valence-electron chi connectivity index (χ3n) is 4.45. The summed E-state index contributed by atoms with van der Waals surface area (Å²) < 4.78 is 81.7. The Balaban J connectivity index is 2.17. The molecular formula is C20H16F4O4S. The van der Waals surface area contributed by atoms with E-state index < -0.39 is 43.7 Å². The molecule has 0 aliphatic carbocycles. The lowest BCUT2D eigenvalue weighted by Gasteiger charge is -2.18. The molecule has 1 heterocycles. The maximum absolute atomic E-state index is 14.3. The predicted molar refractivity (Wildman–Crippen MR) is 97.9 cm³/mol. The Morgan fingerprint density at radius 1 is 0.966 bits per heavy atom. The molecule has 9 heteroatoms. The molecule has 29 heavy (non-hydrogen) atoms. The number of hydrogen-bond acceptors (Lipinski definition) is 4. The van der Waals surface area contributed by atoms with Crippen LogP contribution in [0.15, 0.2) is 47.4 Å². The molecule has 0 N–H and O–H groups in total. The summed E-state index contributed by atoms with van der Waals surface area (Å²) in [5.41, 5.74) is -1.92. The number of alkyl halides is 3. The second-order valence-electron chi connectivity index (χ2n) is 7.14. The summed E-state index contributed by atoms with van der Waals surface area (Å²) in [7, 11) is -3.80. The van der Waals surface area contributed by atoms with Crippen molar-refractivity contribution in [1.29, 1.82) is 0 Å². The lowest BCUT2D eigenvalue weighted by atomic mass is 9.92. The number of carbonyl (C=O) groups excluding carboxylic acids is 1. The van der Waals surface area contributed by atoms with E-state index in [2.05, 4.69) is 0 Å². The molecule has 2 aromatic carbocycles. The largest absolute Gasteiger partial charge is 0.478 e. The van der Waals surface area contributed by atoms with Gasteiger partial charge in [0.2, 0.25) is 5.78 Å². The van der Waals surface area contributed by atoms with Gasteiger partial charge in [-0.2, -0.15) is 13.2 Å². The molecule has 3 rings (SSSR count). The van der Waals surface area contributed by atoms with Crippen LogP contribution in [-0.4, -0.2) is 26.1 Å². The third kappa shape index (κ3) is 3.91. The molecule has 1 aliphatic rings. The van der Waals surface area contributed by atoms with Crippen LogP contribution in [0, 0.1) is 5.82 Å². The molecule has 0 unspecified atom stereocenters. The number of Topliss-reactive ketones (excluding diaryl/α,β-unsaturated/α-hetero) is 1. The van der Waals surface area contributed by atoms with Crippen LogP contribution in [0.1, 0.15) is 30.5 Å². The van der Waals surface area contributed by atoms with E-state index in [9.17, 15) is 30.8 Å². The second kappa shape index (κ2) is 6.69. The van der Waals surface area contributed by atoms with E-state index in [1.54, 1.807) is 0 Å². The first-order valence-electron chi connectivity index (χ1n) is 8.37. The van der Waals surface area contributed by atoms with E-state index in [4.69, 9.17) is 4.74 Å². The Kier molecular flexibility index (Phi) is 4.85. The van der Waals surface area contributed by atoms with Crippen LogP contribution in [0.25, 0.3) is 11.3 Å². The van der Waals surface area contributed by atoms with Gasteiger partial charge in [0.05, 0.1) is 11.1 Å². The van der Waals surface area contributed by atoms with Crippen LogP contribution in [0.4, 0.5) is 17.6 Å². The van der Waals surface area contributed by atoms with Gasteiger partial charge in [-0.05, 0) is 49.7 Å². The van der Waals surface area contributed by atoms with Crippen molar-refractivity contribution in [3.05, 3.63) is 65.0 Å². The second-order valence-corrected chi connectivity index (χ2v) is 9.12. The summed E-state index contributed by atoms with van der Waals surface area (Å²) in [5.74, 6) is -1.54. The van der Waals surface area contributed by atoms with Crippen LogP contribution < -0.4 is 0 Å². The van der Waals surface area contributed by atoms with Gasteiger partial charge in [0.1, 0.15) is 16.5 Å². The molecule has 154 valence electrons. The summed E-state index contributed by atoms with van der Waals surface area (Å²) in [6.07, 6.45) is -3.67. The fourth-order valence-electron chi connectivity index (χ4n) is 2.99. The van der Waals surface area contributed by atoms with Crippen LogP contribution in [0.5, 0.6) is 0 Å². The van der Waals surface area contributed by atoms with Gasteiger partial charge in [-0.1, -0.05) is 12.1 Å². The molecule has 0 amide bonds. The van der Waals surface area contributed by atoms with Gasteiger partial charge in [-0.15, -0.1) is 0 Å². The lowest BCUT2D eigenvalue weighted by Crippen LogP contribution is -2.29. The molecule has 0 fully saturated rings. The number of rotatable bonds is 3. The SMILES string of the molecule is CC1(C)OC(c2ccc(S(C)(=O)=O)c(F)c2)=C(c2ccc(C(F)(F)F)cc2)C1=O. The Hall–Kier alpha value is -2.68. The third-order valence-corrected chi connectivity index (χ3v) is 5.58. The minimum Gasteiger partial charge on any atom is -0.478 e. The summed E-state index contributed by atoms with van der Waals surface area (Å²) >= 11 is 0. The minimum absolute atomic E-state index is 0.00442. The summed E-state index contributed by atoms with van der Waals surface area (Å²) in [4.78, 5) is 12.3. The van der Waals surface area contributed by atoms with Crippen molar-refractivity contribution in [3.63, 3.8) is 0 Å². The van der Waals surface area contributed by atoms with E-state index in [1.165, 1.54) is 19.9 Å². The summed E-state index contributed by atoms with van der Waals surface area (Å²) in [6, 6.07) is 7.22. The number of sulfone groups is 1. The van der Waals surface area contributed by atoms with Gasteiger partial charge in [0.15, 0.2) is 15.4 Å². The highest BCUT2D eigenvalue weighted by Gasteiger charge is 2.43. The van der Waals surface area contributed by atoms with Gasteiger partial charge in [-0.3, -0.25) is 4.79 Å². The van der Waals surface area contributed by atoms with Crippen molar-refractivity contribution in [2.24, 2.45) is 0 Å². The first-order chi connectivity index (χ1) is 13.2. The van der Waals surface area contributed by atoms with Crippen LogP contribution in [0.3, 0.4) is 0 Å². The number of hydrogen-bond donors (Lipinski definition) is 0. The molecule has 0 aromatic heterocycles. The Morgan fingerprint density at radius 2 is 1.52 bits per heavy atom. The molecule has 0 bridgehead atoms. The van der Waals surface area contributed by atoms with Gasteiger partial charge in [-0.25, -0.2) is 12.8 Å². The molecule has 2 aromatic rings. The average Bonchev–Trinajstić information content (AvgIpc) is 2.83. The molecule has 0 saturated heterocycles. The van der Waals surface area contributed by atoms with E-state index in [1.807, 2.05) is 0 Å². The van der Waals surface area contributed by atoms with Crippen molar-refractivity contribution in [2.45, 2.75) is 30.5 Å². The van der Waals surface area contributed by atoms with Crippen LogP contribution in [-0.2, 0) is 25.5 Å². The maximum atomic E-state index is 14.3. The molecule has 0 spiro atoms. The Labute approximate surface area is 164 Å². The Morgan fingerprint density at radius 3 is 2.00 bits per heavy atom. The standard InChI is InChI=1S/C20H16F4O4S/c1-19(2)18(25)16(11-4-7-13(8-5-11)20(22,23)24)17(28-19)12-6-9-15(14(21)10-12)29(3,26)27/h4-10H,1-3H3. The first kappa shape index (κ1) is 21.0. The zero-order valence-electron chi connectivity index (χ0n) is 15.6. The zero-order valence-corrected chi connectivity index (χ0v) is 16.4. The monoisotopic (exact) mass is 428 g/mol.